The molecule has 0 unspecified atom stereocenters. The fourth-order valence-electron chi connectivity index (χ4n) is 0.778. The van der Waals surface area contributed by atoms with E-state index in [1.165, 1.54) is 0 Å². The minimum atomic E-state index is 0. The van der Waals surface area contributed by atoms with Crippen LogP contribution in [0.3, 0.4) is 0 Å². The van der Waals surface area contributed by atoms with Gasteiger partial charge in [0.25, 0.3) is 0 Å². The Balaban J connectivity index is -0.000000123. The zero-order valence-corrected chi connectivity index (χ0v) is 11.3. The van der Waals surface area contributed by atoms with Gasteiger partial charge in [-0.1, -0.05) is 30.3 Å². The Kier molecular flexibility index (Phi) is 35.8. The van der Waals surface area contributed by atoms with Crippen molar-refractivity contribution in [1.82, 2.24) is 0 Å². The molecule has 5 heteroatoms. The molecule has 4 nitrogen and oxygen atoms in total. The summed E-state index contributed by atoms with van der Waals surface area (Å²) in [5.74, 6) is 0. The van der Waals surface area contributed by atoms with Crippen LogP contribution in [-0.2, 0) is 38.5 Å². The van der Waals surface area contributed by atoms with Gasteiger partial charge in [-0.15, -0.1) is 0 Å². The standard InChI is InChI=1S/C10H10O.3CO.Ru/c1-9(11)7-8-10-5-3-2-4-6-10;3*1-2;/h2-8H,1H3;;;;. The average molecular weight is 331 g/mol. The first-order valence-corrected chi connectivity index (χ1v) is 4.14. The molecule has 0 saturated carbocycles. The van der Waals surface area contributed by atoms with Crippen molar-refractivity contribution in [2.24, 2.45) is 0 Å². The van der Waals surface area contributed by atoms with Crippen molar-refractivity contribution in [2.45, 2.75) is 6.92 Å². The van der Waals surface area contributed by atoms with Gasteiger partial charge in [0.05, 0.1) is 0 Å². The number of hydrogen-bond donors (Lipinski definition) is 0. The first kappa shape index (κ1) is 25.8. The van der Waals surface area contributed by atoms with Crippen molar-refractivity contribution >= 4 is 0 Å². The molecule has 0 saturated heterocycles. The summed E-state index contributed by atoms with van der Waals surface area (Å²) >= 11 is 0. The van der Waals surface area contributed by atoms with E-state index in [1.54, 1.807) is 13.3 Å². The van der Waals surface area contributed by atoms with Crippen molar-refractivity contribution < 1.29 is 38.5 Å². The van der Waals surface area contributed by atoms with Gasteiger partial charge < -0.3 is 0 Å². The van der Waals surface area contributed by atoms with Crippen LogP contribution in [0.1, 0.15) is 12.5 Å². The molecule has 0 N–H and O–H groups in total. The van der Waals surface area contributed by atoms with Crippen molar-refractivity contribution in [3.8, 4) is 0 Å². The fraction of sp³-hybridized carbons (Fsp3) is 0.0769. The molecule has 4 radical (unpaired) electrons. The van der Waals surface area contributed by atoms with Crippen LogP contribution in [0.4, 0.5) is 0 Å². The molecule has 0 heterocycles. The molecule has 94 valence electrons. The first-order valence-electron chi connectivity index (χ1n) is 4.14. The molecule has 0 aromatic heterocycles. The smallest absolute Gasteiger partial charge is 0 e. The third-order valence-electron chi connectivity index (χ3n) is 1.31. The Labute approximate surface area is 120 Å². The summed E-state index contributed by atoms with van der Waals surface area (Å²) in [5, 5.41) is 10.5. The number of rotatable bonds is 3. The summed E-state index contributed by atoms with van der Waals surface area (Å²) in [4.78, 5) is 0. The number of hydrogen-bond acceptors (Lipinski definition) is 0. The second kappa shape index (κ2) is 25.0. The van der Waals surface area contributed by atoms with Crippen LogP contribution >= 0.6 is 0 Å². The molecular weight excluding hydrogens is 321 g/mol. The third-order valence-corrected chi connectivity index (χ3v) is 1.31. The van der Waals surface area contributed by atoms with E-state index in [2.05, 4.69) is 20.0 Å². The van der Waals surface area contributed by atoms with Crippen LogP contribution < -0.4 is 0 Å². The van der Waals surface area contributed by atoms with Gasteiger partial charge in [-0.25, -0.2) is 5.11 Å². The zero-order valence-electron chi connectivity index (χ0n) is 9.53. The van der Waals surface area contributed by atoms with E-state index in [4.69, 9.17) is 14.0 Å². The normalized spacial score (nSPS) is 6.72. The van der Waals surface area contributed by atoms with Gasteiger partial charge >= 0.3 is 33.9 Å². The van der Waals surface area contributed by atoms with Gasteiger partial charge in [0, 0.05) is 25.9 Å². The molecule has 0 spiro atoms. The predicted octanol–water partition coefficient (Wildman–Crippen LogP) is 2.31. The molecule has 0 aliphatic rings. The average Bonchev–Trinajstić information content (AvgIpc) is 2.44. The van der Waals surface area contributed by atoms with Crippen LogP contribution in [0.5, 0.6) is 0 Å². The quantitative estimate of drug-likeness (QED) is 0.463. The van der Waals surface area contributed by atoms with E-state index in [-0.39, 0.29) is 25.6 Å². The van der Waals surface area contributed by atoms with Gasteiger partial charge in [-0.2, -0.15) is 0 Å². The van der Waals surface area contributed by atoms with E-state index in [1.807, 2.05) is 36.8 Å². The predicted molar refractivity (Wildman–Crippen MR) is 55.5 cm³/mol. The van der Waals surface area contributed by atoms with Crippen molar-refractivity contribution in [3.63, 3.8) is 0 Å². The van der Waals surface area contributed by atoms with E-state index in [9.17, 15) is 5.11 Å². The molecular formula is C13H10O4Ru. The van der Waals surface area contributed by atoms with E-state index in [0.717, 1.165) is 5.56 Å². The van der Waals surface area contributed by atoms with Crippen LogP contribution in [-0.4, -0.2) is 0 Å². The Morgan fingerprint density at radius 3 is 1.72 bits per heavy atom. The largest absolute Gasteiger partial charge is 0 e. The van der Waals surface area contributed by atoms with E-state index >= 15 is 0 Å². The fourth-order valence-corrected chi connectivity index (χ4v) is 0.778. The molecule has 0 fully saturated rings. The van der Waals surface area contributed by atoms with Gasteiger partial charge in [-0.05, 0) is 18.9 Å². The minimum Gasteiger partial charge on any atom is 0 e. The van der Waals surface area contributed by atoms with Crippen LogP contribution in [0.15, 0.2) is 30.3 Å². The SMILES string of the molecule is C[C]([O])[CH][CH]c1ccccc1.[C-]#[O+].[C-]#[O+].[C-]#[O+].[Ru]. The molecule has 0 bridgehead atoms. The summed E-state index contributed by atoms with van der Waals surface area (Å²) in [7, 11) is 0. The Morgan fingerprint density at radius 2 is 1.39 bits per heavy atom. The van der Waals surface area contributed by atoms with E-state index in [0.29, 0.717) is 0 Å². The second-order valence-electron chi connectivity index (χ2n) is 2.35. The van der Waals surface area contributed by atoms with E-state index < -0.39 is 0 Å². The second-order valence-corrected chi connectivity index (χ2v) is 2.35. The molecule has 1 aromatic rings. The topological polar surface area (TPSA) is 79.6 Å². The maximum Gasteiger partial charge on any atom is 0 e. The summed E-state index contributed by atoms with van der Waals surface area (Å²) in [6, 6.07) is 9.75. The first-order chi connectivity index (χ1) is 8.29. The molecule has 0 aliphatic heterocycles. The van der Waals surface area contributed by atoms with Gasteiger partial charge in [-0.3, -0.25) is 0 Å². The van der Waals surface area contributed by atoms with Gasteiger partial charge in [0.1, 0.15) is 6.10 Å². The maximum atomic E-state index is 10.5. The van der Waals surface area contributed by atoms with Crippen LogP contribution in [0.2, 0.25) is 0 Å². The maximum absolute atomic E-state index is 10.5. The Hall–Kier alpha value is -0.977. The third kappa shape index (κ3) is 20.4. The van der Waals surface area contributed by atoms with Gasteiger partial charge in [0.15, 0.2) is 0 Å². The summed E-state index contributed by atoms with van der Waals surface area (Å²) in [5.41, 5.74) is 1.06. The van der Waals surface area contributed by atoms with Gasteiger partial charge in [0.2, 0.25) is 0 Å². The molecule has 0 amide bonds. The Bertz CT molecular complexity index is 289. The van der Waals surface area contributed by atoms with Crippen molar-refractivity contribution in [3.05, 3.63) is 74.8 Å². The van der Waals surface area contributed by atoms with Crippen molar-refractivity contribution in [1.29, 1.82) is 0 Å². The molecule has 0 aliphatic carbocycles. The summed E-state index contributed by atoms with van der Waals surface area (Å²) < 4.78 is 22.5. The van der Waals surface area contributed by atoms with Crippen LogP contribution in [0.25, 0.3) is 0 Å². The molecule has 18 heavy (non-hydrogen) atoms. The van der Waals surface area contributed by atoms with Crippen LogP contribution in [0, 0.1) is 38.9 Å². The Morgan fingerprint density at radius 1 is 1.00 bits per heavy atom. The summed E-state index contributed by atoms with van der Waals surface area (Å²) in [6.45, 7) is 15.0. The summed E-state index contributed by atoms with van der Waals surface area (Å²) in [6.07, 6.45) is 3.45. The molecule has 0 atom stereocenters. The van der Waals surface area contributed by atoms with Crippen molar-refractivity contribution in [2.75, 3.05) is 0 Å². The molecule has 1 aromatic carbocycles. The zero-order chi connectivity index (χ0) is 14.1. The minimum absolute atomic E-state index is 0. The molecule has 1 rings (SSSR count). The monoisotopic (exact) mass is 332 g/mol. The number of benzene rings is 1.